The number of ether oxygens (including phenoxy) is 1. The standard InChI is InChI=1S/C16H25FN2O/c1-3-8-20-15-9-13(11-18-12-15)16(2,17)10-14-6-4-5-7-19-14/h9,11-12,14,19H,3-8,10H2,1-2H3. The van der Waals surface area contributed by atoms with Crippen LogP contribution in [0.5, 0.6) is 5.75 Å². The number of nitrogens with zero attached hydrogens (tertiary/aromatic N) is 1. The van der Waals surface area contributed by atoms with Gasteiger partial charge in [0.05, 0.1) is 12.8 Å². The van der Waals surface area contributed by atoms with Gasteiger partial charge in [-0.05, 0) is 38.8 Å². The van der Waals surface area contributed by atoms with Gasteiger partial charge in [0.2, 0.25) is 0 Å². The third-order valence-corrected chi connectivity index (χ3v) is 3.83. The van der Waals surface area contributed by atoms with Gasteiger partial charge in [-0.3, -0.25) is 4.98 Å². The highest BCUT2D eigenvalue weighted by Crippen LogP contribution is 2.33. The van der Waals surface area contributed by atoms with E-state index in [4.69, 9.17) is 4.74 Å². The molecule has 2 heterocycles. The van der Waals surface area contributed by atoms with Gasteiger partial charge in [-0.25, -0.2) is 4.39 Å². The van der Waals surface area contributed by atoms with Crippen LogP contribution in [0.25, 0.3) is 0 Å². The lowest BCUT2D eigenvalue weighted by atomic mass is 9.88. The molecule has 4 heteroatoms. The number of halogens is 1. The van der Waals surface area contributed by atoms with Gasteiger partial charge in [0, 0.05) is 24.2 Å². The van der Waals surface area contributed by atoms with E-state index in [1.54, 1.807) is 25.4 Å². The molecule has 1 aliphatic rings. The van der Waals surface area contributed by atoms with Crippen molar-refractivity contribution in [1.82, 2.24) is 10.3 Å². The Balaban J connectivity index is 2.03. The summed E-state index contributed by atoms with van der Waals surface area (Å²) in [5.41, 5.74) is -0.758. The van der Waals surface area contributed by atoms with Crippen molar-refractivity contribution in [2.45, 2.75) is 57.7 Å². The van der Waals surface area contributed by atoms with Crippen LogP contribution in [0.3, 0.4) is 0 Å². The maximum Gasteiger partial charge on any atom is 0.137 e. The number of rotatable bonds is 6. The van der Waals surface area contributed by atoms with E-state index in [0.29, 0.717) is 24.3 Å². The first-order chi connectivity index (χ1) is 9.62. The number of hydrogen-bond acceptors (Lipinski definition) is 3. The van der Waals surface area contributed by atoms with Gasteiger partial charge in [0.15, 0.2) is 0 Å². The Kier molecular flexibility index (Phi) is 5.35. The molecule has 0 aliphatic carbocycles. The van der Waals surface area contributed by atoms with Crippen molar-refractivity contribution in [3.8, 4) is 5.75 Å². The molecule has 112 valence electrons. The molecule has 0 bridgehead atoms. The van der Waals surface area contributed by atoms with E-state index < -0.39 is 5.67 Å². The van der Waals surface area contributed by atoms with Crippen LogP contribution in [-0.4, -0.2) is 24.2 Å². The monoisotopic (exact) mass is 280 g/mol. The Morgan fingerprint density at radius 1 is 1.45 bits per heavy atom. The van der Waals surface area contributed by atoms with Crippen LogP contribution in [0, 0.1) is 0 Å². The summed E-state index contributed by atoms with van der Waals surface area (Å²) in [5, 5.41) is 3.40. The van der Waals surface area contributed by atoms with Gasteiger partial charge in [-0.2, -0.15) is 0 Å². The van der Waals surface area contributed by atoms with Gasteiger partial charge in [0.25, 0.3) is 0 Å². The minimum Gasteiger partial charge on any atom is -0.492 e. The van der Waals surface area contributed by atoms with Crippen molar-refractivity contribution >= 4 is 0 Å². The quantitative estimate of drug-likeness (QED) is 0.864. The van der Waals surface area contributed by atoms with Crippen LogP contribution in [0.4, 0.5) is 4.39 Å². The zero-order chi connectivity index (χ0) is 14.4. The average Bonchev–Trinajstić information content (AvgIpc) is 2.46. The molecule has 0 radical (unpaired) electrons. The number of piperidine rings is 1. The summed E-state index contributed by atoms with van der Waals surface area (Å²) in [4.78, 5) is 4.11. The summed E-state index contributed by atoms with van der Waals surface area (Å²) in [5.74, 6) is 0.657. The molecule has 1 aromatic rings. The van der Waals surface area contributed by atoms with E-state index in [2.05, 4.69) is 10.3 Å². The van der Waals surface area contributed by atoms with E-state index in [1.165, 1.54) is 12.8 Å². The molecule has 20 heavy (non-hydrogen) atoms. The van der Waals surface area contributed by atoms with Crippen LogP contribution in [0.1, 0.15) is 51.5 Å². The maximum atomic E-state index is 15.0. The van der Waals surface area contributed by atoms with Gasteiger partial charge in [-0.15, -0.1) is 0 Å². The van der Waals surface area contributed by atoms with Crippen molar-refractivity contribution in [2.24, 2.45) is 0 Å². The van der Waals surface area contributed by atoms with Crippen molar-refractivity contribution in [2.75, 3.05) is 13.2 Å². The highest BCUT2D eigenvalue weighted by Gasteiger charge is 2.31. The second kappa shape index (κ2) is 7.02. The Labute approximate surface area is 120 Å². The number of aromatic nitrogens is 1. The molecule has 0 spiro atoms. The SMILES string of the molecule is CCCOc1cncc(C(C)(F)CC2CCCCN2)c1. The summed E-state index contributed by atoms with van der Waals surface area (Å²) >= 11 is 0. The Bertz CT molecular complexity index is 417. The number of pyridine rings is 1. The fourth-order valence-corrected chi connectivity index (χ4v) is 2.68. The summed E-state index contributed by atoms with van der Waals surface area (Å²) in [6.07, 6.45) is 8.12. The molecule has 0 aromatic carbocycles. The molecule has 1 fully saturated rings. The van der Waals surface area contributed by atoms with Crippen LogP contribution in [-0.2, 0) is 5.67 Å². The third kappa shape index (κ3) is 4.17. The molecule has 1 saturated heterocycles. The molecule has 2 unspecified atom stereocenters. The van der Waals surface area contributed by atoms with E-state index in [-0.39, 0.29) is 6.04 Å². The fourth-order valence-electron chi connectivity index (χ4n) is 2.68. The predicted molar refractivity (Wildman–Crippen MR) is 78.7 cm³/mol. The summed E-state index contributed by atoms with van der Waals surface area (Å²) in [6, 6.07) is 2.05. The lowest BCUT2D eigenvalue weighted by Gasteiger charge is -2.30. The highest BCUT2D eigenvalue weighted by molar-refractivity contribution is 5.28. The Hall–Kier alpha value is -1.16. The lowest BCUT2D eigenvalue weighted by Crippen LogP contribution is -2.38. The number of hydrogen-bond donors (Lipinski definition) is 1. The molecular weight excluding hydrogens is 255 g/mol. The average molecular weight is 280 g/mol. The predicted octanol–water partition coefficient (Wildman–Crippen LogP) is 3.59. The van der Waals surface area contributed by atoms with Crippen molar-refractivity contribution in [1.29, 1.82) is 0 Å². The molecule has 2 rings (SSSR count). The summed E-state index contributed by atoms with van der Waals surface area (Å²) in [7, 11) is 0. The molecule has 1 aromatic heterocycles. The van der Waals surface area contributed by atoms with Gasteiger partial charge in [-0.1, -0.05) is 13.3 Å². The topological polar surface area (TPSA) is 34.1 Å². The van der Waals surface area contributed by atoms with Gasteiger partial charge >= 0.3 is 0 Å². The van der Waals surface area contributed by atoms with Crippen LogP contribution in [0.15, 0.2) is 18.5 Å². The van der Waals surface area contributed by atoms with Crippen molar-refractivity contribution < 1.29 is 9.13 Å². The molecular formula is C16H25FN2O. The van der Waals surface area contributed by atoms with E-state index in [1.807, 2.05) is 6.92 Å². The summed E-state index contributed by atoms with van der Waals surface area (Å²) in [6.45, 7) is 5.33. The maximum absolute atomic E-state index is 15.0. The molecule has 3 nitrogen and oxygen atoms in total. The Morgan fingerprint density at radius 2 is 2.30 bits per heavy atom. The highest BCUT2D eigenvalue weighted by atomic mass is 19.1. The van der Waals surface area contributed by atoms with Gasteiger partial charge in [0.1, 0.15) is 11.4 Å². The summed E-state index contributed by atoms with van der Waals surface area (Å²) < 4.78 is 20.5. The number of alkyl halides is 1. The largest absolute Gasteiger partial charge is 0.492 e. The van der Waals surface area contributed by atoms with Crippen LogP contribution >= 0.6 is 0 Å². The molecule has 1 aliphatic heterocycles. The normalized spacial score (nSPS) is 22.2. The Morgan fingerprint density at radius 3 is 3.00 bits per heavy atom. The minimum absolute atomic E-state index is 0.263. The third-order valence-electron chi connectivity index (χ3n) is 3.83. The second-order valence-corrected chi connectivity index (χ2v) is 5.81. The van der Waals surface area contributed by atoms with Crippen molar-refractivity contribution in [3.63, 3.8) is 0 Å². The molecule has 1 N–H and O–H groups in total. The molecule has 2 atom stereocenters. The fraction of sp³-hybridized carbons (Fsp3) is 0.688. The van der Waals surface area contributed by atoms with E-state index in [0.717, 1.165) is 19.4 Å². The zero-order valence-corrected chi connectivity index (χ0v) is 12.5. The van der Waals surface area contributed by atoms with Crippen molar-refractivity contribution in [3.05, 3.63) is 24.0 Å². The molecule has 0 saturated carbocycles. The molecule has 0 amide bonds. The zero-order valence-electron chi connectivity index (χ0n) is 12.5. The lowest BCUT2D eigenvalue weighted by molar-refractivity contribution is 0.145. The first kappa shape index (κ1) is 15.2. The smallest absolute Gasteiger partial charge is 0.137 e. The number of nitrogens with one attached hydrogen (secondary N) is 1. The second-order valence-electron chi connectivity index (χ2n) is 5.81. The van der Waals surface area contributed by atoms with E-state index in [9.17, 15) is 4.39 Å². The van der Waals surface area contributed by atoms with Gasteiger partial charge < -0.3 is 10.1 Å². The van der Waals surface area contributed by atoms with Crippen LogP contribution in [0.2, 0.25) is 0 Å². The minimum atomic E-state index is -1.37. The first-order valence-electron chi connectivity index (χ1n) is 7.62. The van der Waals surface area contributed by atoms with Crippen LogP contribution < -0.4 is 10.1 Å². The first-order valence-corrected chi connectivity index (χ1v) is 7.62. The van der Waals surface area contributed by atoms with E-state index >= 15 is 0 Å².